The van der Waals surface area contributed by atoms with Crippen molar-refractivity contribution >= 4 is 11.8 Å². The molecule has 0 aromatic heterocycles. The largest absolute Gasteiger partial charge is 0.469 e. The smallest absolute Gasteiger partial charge is 0.309 e. The van der Waals surface area contributed by atoms with Crippen LogP contribution >= 0.6 is 0 Å². The predicted octanol–water partition coefficient (Wildman–Crippen LogP) is 1.16. The molecule has 1 aliphatic carbocycles. The highest BCUT2D eigenvalue weighted by Gasteiger charge is 2.32. The Bertz CT molecular complexity index is 198. The summed E-state index contributed by atoms with van der Waals surface area (Å²) in [5.74, 6) is 0.0328. The number of hydrogen-bond donors (Lipinski definition) is 0. The van der Waals surface area contributed by atoms with Crippen LogP contribution in [0.5, 0.6) is 0 Å². The molecule has 2 atom stereocenters. The highest BCUT2D eigenvalue weighted by Crippen LogP contribution is 2.28. The first-order valence-corrected chi connectivity index (χ1v) is 4.24. The summed E-state index contributed by atoms with van der Waals surface area (Å²) in [6.07, 6.45) is 1.81. The predicted molar refractivity (Wildman–Crippen MR) is 43.5 cm³/mol. The van der Waals surface area contributed by atoms with E-state index >= 15 is 0 Å². The lowest BCUT2D eigenvalue weighted by molar-refractivity contribution is -0.150. The summed E-state index contributed by atoms with van der Waals surface area (Å²) in [5, 5.41) is 0. The van der Waals surface area contributed by atoms with Gasteiger partial charge in [-0.3, -0.25) is 9.59 Å². The fourth-order valence-electron chi connectivity index (χ4n) is 1.61. The molecule has 0 amide bonds. The number of rotatable bonds is 1. The van der Waals surface area contributed by atoms with Gasteiger partial charge in [0.15, 0.2) is 0 Å². The van der Waals surface area contributed by atoms with E-state index in [2.05, 4.69) is 4.74 Å². The van der Waals surface area contributed by atoms with Gasteiger partial charge in [-0.05, 0) is 12.3 Å². The summed E-state index contributed by atoms with van der Waals surface area (Å²) >= 11 is 0. The molecule has 68 valence electrons. The molecule has 3 nitrogen and oxygen atoms in total. The zero-order valence-corrected chi connectivity index (χ0v) is 7.50. The van der Waals surface area contributed by atoms with E-state index in [0.717, 1.165) is 6.42 Å². The van der Waals surface area contributed by atoms with Crippen molar-refractivity contribution in [2.75, 3.05) is 7.11 Å². The average Bonchev–Trinajstić information content (AvgIpc) is 2.08. The number of ketones is 1. The number of ether oxygens (including phenoxy) is 1. The van der Waals surface area contributed by atoms with Gasteiger partial charge in [0.2, 0.25) is 0 Å². The van der Waals surface area contributed by atoms with Gasteiger partial charge in [-0.15, -0.1) is 0 Å². The molecule has 0 aromatic carbocycles. The number of carbonyl (C=O) groups is 2. The van der Waals surface area contributed by atoms with Crippen LogP contribution < -0.4 is 0 Å². The van der Waals surface area contributed by atoms with E-state index in [1.165, 1.54) is 7.11 Å². The van der Waals surface area contributed by atoms with Crippen LogP contribution in [0.15, 0.2) is 0 Å². The van der Waals surface area contributed by atoms with Gasteiger partial charge in [0, 0.05) is 12.8 Å². The first-order chi connectivity index (χ1) is 5.65. The van der Waals surface area contributed by atoms with Gasteiger partial charge in [0.1, 0.15) is 5.78 Å². The maximum absolute atomic E-state index is 11.1. The summed E-state index contributed by atoms with van der Waals surface area (Å²) < 4.78 is 4.62. The van der Waals surface area contributed by atoms with Crippen molar-refractivity contribution in [2.24, 2.45) is 11.8 Å². The minimum absolute atomic E-state index is 0.184. The topological polar surface area (TPSA) is 43.4 Å². The molecule has 0 aliphatic heterocycles. The summed E-state index contributed by atoms with van der Waals surface area (Å²) in [6, 6.07) is 0. The molecule has 2 unspecified atom stereocenters. The van der Waals surface area contributed by atoms with Crippen LogP contribution in [0.25, 0.3) is 0 Å². The summed E-state index contributed by atoms with van der Waals surface area (Å²) in [6.45, 7) is 1.99. The second-order valence-corrected chi connectivity index (χ2v) is 3.39. The van der Waals surface area contributed by atoms with E-state index in [4.69, 9.17) is 0 Å². The maximum Gasteiger partial charge on any atom is 0.309 e. The Hall–Kier alpha value is -0.860. The molecule has 0 radical (unpaired) electrons. The second-order valence-electron chi connectivity index (χ2n) is 3.39. The van der Waals surface area contributed by atoms with Gasteiger partial charge in [0.05, 0.1) is 13.0 Å². The molecule has 0 N–H and O–H groups in total. The molecule has 0 spiro atoms. The van der Waals surface area contributed by atoms with Crippen molar-refractivity contribution in [2.45, 2.75) is 26.2 Å². The van der Waals surface area contributed by atoms with Crippen molar-refractivity contribution in [3.05, 3.63) is 0 Å². The van der Waals surface area contributed by atoms with Crippen LogP contribution in [0.3, 0.4) is 0 Å². The minimum Gasteiger partial charge on any atom is -0.469 e. The second kappa shape index (κ2) is 3.70. The lowest BCUT2D eigenvalue weighted by Crippen LogP contribution is -2.30. The van der Waals surface area contributed by atoms with Gasteiger partial charge in [-0.2, -0.15) is 0 Å². The Labute approximate surface area is 72.1 Å². The summed E-state index contributed by atoms with van der Waals surface area (Å²) in [5.41, 5.74) is 0. The molecule has 0 saturated heterocycles. The molecule has 0 heterocycles. The highest BCUT2D eigenvalue weighted by molar-refractivity contribution is 5.85. The quantitative estimate of drug-likeness (QED) is 0.555. The first kappa shape index (κ1) is 9.23. The Morgan fingerprint density at radius 1 is 1.58 bits per heavy atom. The molecule has 0 bridgehead atoms. The SMILES string of the molecule is COC(=O)C1CC(=O)CCC1C. The number of carbonyl (C=O) groups excluding carboxylic acids is 2. The highest BCUT2D eigenvalue weighted by atomic mass is 16.5. The maximum atomic E-state index is 11.1. The zero-order valence-electron chi connectivity index (χ0n) is 7.50. The lowest BCUT2D eigenvalue weighted by Gasteiger charge is -2.25. The van der Waals surface area contributed by atoms with E-state index < -0.39 is 0 Å². The molecule has 1 saturated carbocycles. The third-order valence-corrected chi connectivity index (χ3v) is 2.52. The third-order valence-electron chi connectivity index (χ3n) is 2.52. The van der Waals surface area contributed by atoms with Gasteiger partial charge in [-0.1, -0.05) is 6.92 Å². The normalized spacial score (nSPS) is 30.0. The molecular formula is C9H14O3. The van der Waals surface area contributed by atoms with Crippen LogP contribution in [-0.2, 0) is 14.3 Å². The van der Waals surface area contributed by atoms with Crippen LogP contribution in [0.2, 0.25) is 0 Å². The number of hydrogen-bond acceptors (Lipinski definition) is 3. The first-order valence-electron chi connectivity index (χ1n) is 4.24. The van der Waals surface area contributed by atoms with Crippen molar-refractivity contribution in [1.82, 2.24) is 0 Å². The minimum atomic E-state index is -0.240. The summed E-state index contributed by atoms with van der Waals surface area (Å²) in [7, 11) is 1.37. The molecule has 12 heavy (non-hydrogen) atoms. The van der Waals surface area contributed by atoms with E-state index in [-0.39, 0.29) is 23.6 Å². The van der Waals surface area contributed by atoms with Crippen molar-refractivity contribution in [3.8, 4) is 0 Å². The third kappa shape index (κ3) is 1.84. The zero-order chi connectivity index (χ0) is 9.14. The lowest BCUT2D eigenvalue weighted by atomic mass is 9.80. The molecule has 0 aromatic rings. The Morgan fingerprint density at radius 2 is 2.25 bits per heavy atom. The van der Waals surface area contributed by atoms with Gasteiger partial charge < -0.3 is 4.74 Å². The number of methoxy groups -OCH3 is 1. The average molecular weight is 170 g/mol. The summed E-state index contributed by atoms with van der Waals surface area (Å²) in [4.78, 5) is 22.2. The number of esters is 1. The van der Waals surface area contributed by atoms with E-state index in [0.29, 0.717) is 12.8 Å². The van der Waals surface area contributed by atoms with E-state index in [1.54, 1.807) is 0 Å². The van der Waals surface area contributed by atoms with Crippen molar-refractivity contribution in [1.29, 1.82) is 0 Å². The molecular weight excluding hydrogens is 156 g/mol. The van der Waals surface area contributed by atoms with Crippen molar-refractivity contribution < 1.29 is 14.3 Å². The van der Waals surface area contributed by atoms with E-state index in [9.17, 15) is 9.59 Å². The molecule has 1 fully saturated rings. The van der Waals surface area contributed by atoms with Crippen LogP contribution in [0.1, 0.15) is 26.2 Å². The fourth-order valence-corrected chi connectivity index (χ4v) is 1.61. The van der Waals surface area contributed by atoms with Crippen LogP contribution in [0.4, 0.5) is 0 Å². The van der Waals surface area contributed by atoms with Gasteiger partial charge >= 0.3 is 5.97 Å². The Balaban J connectivity index is 2.60. The molecule has 1 rings (SSSR count). The molecule has 1 aliphatic rings. The fraction of sp³-hybridized carbons (Fsp3) is 0.778. The monoisotopic (exact) mass is 170 g/mol. The number of Topliss-reactive ketones (excluding diaryl/α,β-unsaturated/α-hetero) is 1. The van der Waals surface area contributed by atoms with Gasteiger partial charge in [-0.25, -0.2) is 0 Å². The Morgan fingerprint density at radius 3 is 2.83 bits per heavy atom. The van der Waals surface area contributed by atoms with Gasteiger partial charge in [0.25, 0.3) is 0 Å². The Kier molecular flexibility index (Phi) is 2.84. The standard InChI is InChI=1S/C9H14O3/c1-6-3-4-7(10)5-8(6)9(11)12-2/h6,8H,3-5H2,1-2H3. The molecule has 3 heteroatoms. The van der Waals surface area contributed by atoms with Crippen molar-refractivity contribution in [3.63, 3.8) is 0 Å². The van der Waals surface area contributed by atoms with E-state index in [1.807, 2.05) is 6.92 Å². The van der Waals surface area contributed by atoms with Crippen LogP contribution in [-0.4, -0.2) is 18.9 Å². The van der Waals surface area contributed by atoms with Crippen LogP contribution in [0, 0.1) is 11.8 Å².